The standard InChI is InChI=1S/C18H23N/c1-15(2)14-16(3)19(17-10-6-4-7-11-17)18-12-8-5-9-13-18/h4-13,15-16H,14H2,1-3H3. The van der Waals surface area contributed by atoms with Gasteiger partial charge in [0, 0.05) is 17.4 Å². The zero-order valence-corrected chi connectivity index (χ0v) is 12.1. The van der Waals surface area contributed by atoms with E-state index in [1.54, 1.807) is 0 Å². The van der Waals surface area contributed by atoms with Gasteiger partial charge in [-0.25, -0.2) is 0 Å². The molecule has 2 rings (SSSR count). The Bertz CT molecular complexity index is 436. The molecule has 0 saturated carbocycles. The lowest BCUT2D eigenvalue weighted by Crippen LogP contribution is -2.29. The van der Waals surface area contributed by atoms with Crippen LogP contribution < -0.4 is 4.90 Å². The molecule has 0 spiro atoms. The largest absolute Gasteiger partial charge is 0.339 e. The monoisotopic (exact) mass is 253 g/mol. The Labute approximate surface area is 116 Å². The SMILES string of the molecule is CC(C)CC(C)N(c1ccccc1)c1ccccc1. The van der Waals surface area contributed by atoms with E-state index < -0.39 is 0 Å². The fourth-order valence-corrected chi connectivity index (χ4v) is 2.62. The van der Waals surface area contributed by atoms with E-state index in [-0.39, 0.29) is 0 Å². The van der Waals surface area contributed by atoms with Crippen molar-refractivity contribution in [1.82, 2.24) is 0 Å². The van der Waals surface area contributed by atoms with Crippen LogP contribution in [0, 0.1) is 5.92 Å². The highest BCUT2D eigenvalue weighted by atomic mass is 15.2. The van der Waals surface area contributed by atoms with Crippen LogP contribution in [0.5, 0.6) is 0 Å². The third-order valence-corrected chi connectivity index (χ3v) is 3.32. The lowest BCUT2D eigenvalue weighted by atomic mass is 10.0. The summed E-state index contributed by atoms with van der Waals surface area (Å²) in [5, 5.41) is 0. The molecule has 1 atom stereocenters. The van der Waals surface area contributed by atoms with E-state index in [1.807, 2.05) is 0 Å². The second-order valence-electron chi connectivity index (χ2n) is 5.52. The number of hydrogen-bond acceptors (Lipinski definition) is 1. The quantitative estimate of drug-likeness (QED) is 0.702. The van der Waals surface area contributed by atoms with Crippen molar-refractivity contribution in [1.29, 1.82) is 0 Å². The summed E-state index contributed by atoms with van der Waals surface area (Å²) < 4.78 is 0. The molecule has 0 bridgehead atoms. The lowest BCUT2D eigenvalue weighted by molar-refractivity contribution is 0.513. The van der Waals surface area contributed by atoms with Crippen molar-refractivity contribution in [2.45, 2.75) is 33.2 Å². The fourth-order valence-electron chi connectivity index (χ4n) is 2.62. The normalized spacial score (nSPS) is 12.4. The number of hydrogen-bond donors (Lipinski definition) is 0. The van der Waals surface area contributed by atoms with Crippen molar-refractivity contribution in [2.75, 3.05) is 4.90 Å². The molecule has 2 aromatic carbocycles. The molecule has 0 saturated heterocycles. The van der Waals surface area contributed by atoms with E-state index in [2.05, 4.69) is 86.3 Å². The maximum atomic E-state index is 2.43. The minimum atomic E-state index is 0.491. The fraction of sp³-hybridized carbons (Fsp3) is 0.333. The molecular weight excluding hydrogens is 230 g/mol. The van der Waals surface area contributed by atoms with E-state index >= 15 is 0 Å². The molecule has 100 valence electrons. The van der Waals surface area contributed by atoms with Crippen LogP contribution in [0.3, 0.4) is 0 Å². The molecule has 0 aliphatic heterocycles. The molecular formula is C18H23N. The first-order chi connectivity index (χ1) is 9.18. The first kappa shape index (κ1) is 13.7. The van der Waals surface area contributed by atoms with Gasteiger partial charge in [-0.05, 0) is 43.5 Å². The molecule has 1 unspecified atom stereocenters. The predicted octanol–water partition coefficient (Wildman–Crippen LogP) is 5.26. The van der Waals surface area contributed by atoms with Crippen LogP contribution in [0.2, 0.25) is 0 Å². The first-order valence-electron chi connectivity index (χ1n) is 7.08. The second kappa shape index (κ2) is 6.42. The third kappa shape index (κ3) is 3.60. The Morgan fingerprint density at radius 3 is 1.53 bits per heavy atom. The van der Waals surface area contributed by atoms with Crippen LogP contribution >= 0.6 is 0 Å². The molecule has 19 heavy (non-hydrogen) atoms. The van der Waals surface area contributed by atoms with Crippen LogP contribution in [0.4, 0.5) is 11.4 Å². The summed E-state index contributed by atoms with van der Waals surface area (Å²) in [4.78, 5) is 2.43. The van der Waals surface area contributed by atoms with Gasteiger partial charge < -0.3 is 4.90 Å². The number of nitrogens with zero attached hydrogens (tertiary/aromatic N) is 1. The average Bonchev–Trinajstić information content (AvgIpc) is 2.40. The number of para-hydroxylation sites is 2. The summed E-state index contributed by atoms with van der Waals surface area (Å²) >= 11 is 0. The van der Waals surface area contributed by atoms with Gasteiger partial charge in [-0.3, -0.25) is 0 Å². The molecule has 0 aliphatic carbocycles. The highest BCUT2D eigenvalue weighted by Gasteiger charge is 2.17. The molecule has 0 N–H and O–H groups in total. The molecule has 0 fully saturated rings. The van der Waals surface area contributed by atoms with Crippen LogP contribution in [-0.2, 0) is 0 Å². The van der Waals surface area contributed by atoms with Crippen molar-refractivity contribution in [3.05, 3.63) is 60.7 Å². The molecule has 1 heteroatoms. The Morgan fingerprint density at radius 2 is 1.16 bits per heavy atom. The molecule has 0 aromatic heterocycles. The number of anilines is 2. The first-order valence-corrected chi connectivity index (χ1v) is 7.08. The molecule has 0 amide bonds. The van der Waals surface area contributed by atoms with Gasteiger partial charge in [0.05, 0.1) is 0 Å². The summed E-state index contributed by atoms with van der Waals surface area (Å²) in [6.07, 6.45) is 1.18. The zero-order valence-electron chi connectivity index (χ0n) is 12.1. The molecule has 2 aromatic rings. The van der Waals surface area contributed by atoms with E-state index in [0.717, 1.165) is 0 Å². The van der Waals surface area contributed by atoms with Gasteiger partial charge in [0.15, 0.2) is 0 Å². The van der Waals surface area contributed by atoms with Gasteiger partial charge in [-0.2, -0.15) is 0 Å². The van der Waals surface area contributed by atoms with Crippen molar-refractivity contribution in [3.63, 3.8) is 0 Å². The highest BCUT2D eigenvalue weighted by molar-refractivity contribution is 5.63. The van der Waals surface area contributed by atoms with Crippen molar-refractivity contribution >= 4 is 11.4 Å². The van der Waals surface area contributed by atoms with Gasteiger partial charge in [-0.15, -0.1) is 0 Å². The van der Waals surface area contributed by atoms with Crippen LogP contribution in [0.1, 0.15) is 27.2 Å². The number of benzene rings is 2. The van der Waals surface area contributed by atoms with Crippen LogP contribution in [0.15, 0.2) is 60.7 Å². The maximum Gasteiger partial charge on any atom is 0.0413 e. The summed E-state index contributed by atoms with van der Waals surface area (Å²) in [6.45, 7) is 6.87. The zero-order chi connectivity index (χ0) is 13.7. The molecule has 0 radical (unpaired) electrons. The summed E-state index contributed by atoms with van der Waals surface area (Å²) in [7, 11) is 0. The van der Waals surface area contributed by atoms with Crippen molar-refractivity contribution < 1.29 is 0 Å². The molecule has 1 nitrogen and oxygen atoms in total. The Balaban J connectivity index is 2.34. The van der Waals surface area contributed by atoms with Gasteiger partial charge >= 0.3 is 0 Å². The van der Waals surface area contributed by atoms with Gasteiger partial charge in [0.25, 0.3) is 0 Å². The minimum absolute atomic E-state index is 0.491. The Kier molecular flexibility index (Phi) is 4.62. The lowest BCUT2D eigenvalue weighted by Gasteiger charge is -2.32. The summed E-state index contributed by atoms with van der Waals surface area (Å²) in [5.41, 5.74) is 2.53. The van der Waals surface area contributed by atoms with Crippen LogP contribution in [-0.4, -0.2) is 6.04 Å². The third-order valence-electron chi connectivity index (χ3n) is 3.32. The van der Waals surface area contributed by atoms with E-state index in [9.17, 15) is 0 Å². The summed E-state index contributed by atoms with van der Waals surface area (Å²) in [6, 6.07) is 21.8. The minimum Gasteiger partial charge on any atom is -0.339 e. The highest BCUT2D eigenvalue weighted by Crippen LogP contribution is 2.29. The number of rotatable bonds is 5. The Morgan fingerprint density at radius 1 is 0.737 bits per heavy atom. The predicted molar refractivity (Wildman–Crippen MR) is 83.9 cm³/mol. The average molecular weight is 253 g/mol. The van der Waals surface area contributed by atoms with Gasteiger partial charge in [-0.1, -0.05) is 50.2 Å². The van der Waals surface area contributed by atoms with E-state index in [1.165, 1.54) is 17.8 Å². The van der Waals surface area contributed by atoms with E-state index in [0.29, 0.717) is 12.0 Å². The van der Waals surface area contributed by atoms with Crippen LogP contribution in [0.25, 0.3) is 0 Å². The second-order valence-corrected chi connectivity index (χ2v) is 5.52. The van der Waals surface area contributed by atoms with Crippen molar-refractivity contribution in [3.8, 4) is 0 Å². The summed E-state index contributed by atoms with van der Waals surface area (Å²) in [5.74, 6) is 0.699. The smallest absolute Gasteiger partial charge is 0.0413 e. The van der Waals surface area contributed by atoms with Gasteiger partial charge in [0.1, 0.15) is 0 Å². The van der Waals surface area contributed by atoms with E-state index in [4.69, 9.17) is 0 Å². The molecule has 0 heterocycles. The van der Waals surface area contributed by atoms with Gasteiger partial charge in [0.2, 0.25) is 0 Å². The topological polar surface area (TPSA) is 3.24 Å². The Hall–Kier alpha value is -1.76. The molecule has 0 aliphatic rings. The maximum absolute atomic E-state index is 2.43. The van der Waals surface area contributed by atoms with Crippen molar-refractivity contribution in [2.24, 2.45) is 5.92 Å².